The van der Waals surface area contributed by atoms with Crippen molar-refractivity contribution in [3.8, 4) is 0 Å². The lowest BCUT2D eigenvalue weighted by Gasteiger charge is -2.08. The minimum Gasteiger partial charge on any atom is -0.255 e. The summed E-state index contributed by atoms with van der Waals surface area (Å²) in [7, 11) is -3.67. The maximum absolute atomic E-state index is 12.4. The summed E-state index contributed by atoms with van der Waals surface area (Å²) in [5.41, 5.74) is 1.46. The highest BCUT2D eigenvalue weighted by Crippen LogP contribution is 2.32. The van der Waals surface area contributed by atoms with Crippen LogP contribution in [0.1, 0.15) is 11.3 Å². The van der Waals surface area contributed by atoms with E-state index in [0.717, 1.165) is 9.90 Å². The zero-order valence-corrected chi connectivity index (χ0v) is 14.3. The molecule has 0 bridgehead atoms. The second-order valence-electron chi connectivity index (χ2n) is 4.11. The number of anilines is 1. The first-order valence-electron chi connectivity index (χ1n) is 5.64. The van der Waals surface area contributed by atoms with Gasteiger partial charge in [0.25, 0.3) is 10.0 Å². The molecule has 8 heteroatoms. The monoisotopic (exact) mass is 348 g/mol. The van der Waals surface area contributed by atoms with Gasteiger partial charge < -0.3 is 0 Å². The van der Waals surface area contributed by atoms with E-state index in [1.165, 1.54) is 17.4 Å². The van der Waals surface area contributed by atoms with Gasteiger partial charge in [-0.25, -0.2) is 13.4 Å². The average Bonchev–Trinajstić information content (AvgIpc) is 2.71. The predicted molar refractivity (Wildman–Crippen MR) is 85.6 cm³/mol. The molecule has 4 nitrogen and oxygen atoms in total. The number of halogens is 1. The second-order valence-corrected chi connectivity index (χ2v) is 8.27. The molecule has 0 aliphatic rings. The maximum Gasteiger partial charge on any atom is 0.263 e. The van der Waals surface area contributed by atoms with Gasteiger partial charge in [-0.15, -0.1) is 11.8 Å². The Balaban J connectivity index is 2.37. The molecule has 0 fully saturated rings. The molecule has 0 aliphatic carbocycles. The summed E-state index contributed by atoms with van der Waals surface area (Å²) in [6.07, 6.45) is 1.93. The average molecular weight is 349 g/mol. The lowest BCUT2D eigenvalue weighted by atomic mass is 10.2. The van der Waals surface area contributed by atoms with Gasteiger partial charge in [-0.2, -0.15) is 0 Å². The zero-order chi connectivity index (χ0) is 14.9. The van der Waals surface area contributed by atoms with Gasteiger partial charge in [0.15, 0.2) is 5.13 Å². The topological polar surface area (TPSA) is 59.1 Å². The molecule has 108 valence electrons. The van der Waals surface area contributed by atoms with E-state index in [-0.39, 0.29) is 4.90 Å². The minimum absolute atomic E-state index is 0.170. The maximum atomic E-state index is 12.4. The molecule has 2 aromatic rings. The number of aryl methyl sites for hydroxylation is 2. The number of thiazole rings is 1. The molecule has 1 heterocycles. The largest absolute Gasteiger partial charge is 0.263 e. The Morgan fingerprint density at radius 3 is 2.65 bits per heavy atom. The number of nitrogens with zero attached hydrogens (tertiary/aromatic N) is 1. The number of rotatable bonds is 4. The molecule has 0 radical (unpaired) electrons. The van der Waals surface area contributed by atoms with Crippen molar-refractivity contribution >= 4 is 49.9 Å². The molecule has 0 saturated carbocycles. The third kappa shape index (κ3) is 3.28. The van der Waals surface area contributed by atoms with Gasteiger partial charge in [0.2, 0.25) is 0 Å². The van der Waals surface area contributed by atoms with E-state index in [9.17, 15) is 8.42 Å². The number of aromatic nitrogens is 1. The molecule has 0 spiro atoms. The van der Waals surface area contributed by atoms with Crippen molar-refractivity contribution < 1.29 is 8.42 Å². The molecule has 0 unspecified atom stereocenters. The van der Waals surface area contributed by atoms with Crippen molar-refractivity contribution in [3.63, 3.8) is 0 Å². The Morgan fingerprint density at radius 2 is 2.05 bits per heavy atom. The van der Waals surface area contributed by atoms with Crippen molar-refractivity contribution in [1.29, 1.82) is 0 Å². The highest BCUT2D eigenvalue weighted by atomic mass is 35.5. The Kier molecular flexibility index (Phi) is 4.63. The third-order valence-electron chi connectivity index (χ3n) is 2.60. The Bertz CT molecular complexity index is 741. The van der Waals surface area contributed by atoms with Crippen LogP contribution in [-0.2, 0) is 10.0 Å². The summed E-state index contributed by atoms with van der Waals surface area (Å²) < 4.78 is 28.2. The summed E-state index contributed by atoms with van der Waals surface area (Å²) >= 11 is 8.73. The van der Waals surface area contributed by atoms with Crippen LogP contribution in [0.2, 0.25) is 5.02 Å². The van der Waals surface area contributed by atoms with Crippen molar-refractivity contribution in [2.24, 2.45) is 0 Å². The Morgan fingerprint density at radius 1 is 1.35 bits per heavy atom. The van der Waals surface area contributed by atoms with Gasteiger partial charge >= 0.3 is 0 Å². The highest BCUT2D eigenvalue weighted by molar-refractivity contribution is 8.00. The molecule has 1 aromatic carbocycles. The van der Waals surface area contributed by atoms with Gasteiger partial charge in [-0.3, -0.25) is 4.72 Å². The lowest BCUT2D eigenvalue weighted by molar-refractivity contribution is 0.600. The Hall–Kier alpha value is -0.760. The van der Waals surface area contributed by atoms with Gasteiger partial charge in [-0.1, -0.05) is 29.0 Å². The summed E-state index contributed by atoms with van der Waals surface area (Å²) in [4.78, 5) is 4.39. The summed E-state index contributed by atoms with van der Waals surface area (Å²) in [6.45, 7) is 3.58. The van der Waals surface area contributed by atoms with E-state index < -0.39 is 10.0 Å². The van der Waals surface area contributed by atoms with Crippen LogP contribution in [0, 0.1) is 13.8 Å². The quantitative estimate of drug-likeness (QED) is 0.850. The first-order chi connectivity index (χ1) is 9.33. The van der Waals surface area contributed by atoms with E-state index >= 15 is 0 Å². The van der Waals surface area contributed by atoms with Crippen LogP contribution in [0.25, 0.3) is 0 Å². The number of sulfonamides is 1. The van der Waals surface area contributed by atoms with E-state index in [2.05, 4.69) is 9.71 Å². The van der Waals surface area contributed by atoms with Crippen LogP contribution >= 0.6 is 34.7 Å². The van der Waals surface area contributed by atoms with Crippen LogP contribution in [0.5, 0.6) is 0 Å². The smallest absolute Gasteiger partial charge is 0.255 e. The van der Waals surface area contributed by atoms with Crippen LogP contribution in [-0.4, -0.2) is 19.7 Å². The minimum atomic E-state index is -3.67. The zero-order valence-electron chi connectivity index (χ0n) is 11.1. The van der Waals surface area contributed by atoms with E-state index in [1.807, 2.05) is 13.2 Å². The van der Waals surface area contributed by atoms with Crippen molar-refractivity contribution in [1.82, 2.24) is 4.98 Å². The first kappa shape index (κ1) is 15.6. The molecule has 20 heavy (non-hydrogen) atoms. The van der Waals surface area contributed by atoms with Crippen molar-refractivity contribution in [3.05, 3.63) is 34.5 Å². The van der Waals surface area contributed by atoms with Crippen molar-refractivity contribution in [2.75, 3.05) is 11.0 Å². The molecule has 0 atom stereocenters. The number of benzene rings is 1. The molecule has 0 aliphatic heterocycles. The summed E-state index contributed by atoms with van der Waals surface area (Å²) in [5.74, 6) is 0. The van der Waals surface area contributed by atoms with Crippen LogP contribution in [0.3, 0.4) is 0 Å². The fourth-order valence-corrected chi connectivity index (χ4v) is 5.00. The van der Waals surface area contributed by atoms with Gasteiger partial charge in [0, 0.05) is 5.02 Å². The number of hydrogen-bond donors (Lipinski definition) is 1. The summed E-state index contributed by atoms with van der Waals surface area (Å²) in [6, 6.07) is 4.78. The SMILES string of the molecule is CSc1sc(NS(=O)(=O)c2cc(Cl)ccc2C)nc1C. The molecule has 0 saturated heterocycles. The Labute approximate surface area is 131 Å². The molecule has 1 N–H and O–H groups in total. The van der Waals surface area contributed by atoms with Gasteiger partial charge in [0.05, 0.1) is 14.8 Å². The van der Waals surface area contributed by atoms with Crippen molar-refractivity contribution in [2.45, 2.75) is 23.0 Å². The highest BCUT2D eigenvalue weighted by Gasteiger charge is 2.19. The fourth-order valence-electron chi connectivity index (χ4n) is 1.65. The predicted octanol–water partition coefficient (Wildman–Crippen LogP) is 3.94. The molecule has 1 aromatic heterocycles. The molecule has 0 amide bonds. The molecular formula is C12H13ClN2O2S3. The van der Waals surface area contributed by atoms with Crippen LogP contribution in [0.15, 0.2) is 27.3 Å². The van der Waals surface area contributed by atoms with E-state index in [4.69, 9.17) is 11.6 Å². The summed E-state index contributed by atoms with van der Waals surface area (Å²) in [5, 5.41) is 0.752. The molecule has 2 rings (SSSR count). The first-order valence-corrected chi connectivity index (χ1v) is 9.54. The lowest BCUT2D eigenvalue weighted by Crippen LogP contribution is -2.14. The standard InChI is InChI=1S/C12H13ClN2O2S3/c1-7-4-5-9(13)6-10(7)20(16,17)15-12-14-8(2)11(18-3)19-12/h4-6H,1-3H3,(H,14,15). The number of thioether (sulfide) groups is 1. The fraction of sp³-hybridized carbons (Fsp3) is 0.250. The van der Waals surface area contributed by atoms with Gasteiger partial charge in [-0.05, 0) is 37.8 Å². The number of hydrogen-bond acceptors (Lipinski definition) is 5. The number of nitrogens with one attached hydrogen (secondary N) is 1. The van der Waals surface area contributed by atoms with Crippen LogP contribution < -0.4 is 4.72 Å². The second kappa shape index (κ2) is 5.93. The third-order valence-corrected chi connectivity index (χ3v) is 6.73. The van der Waals surface area contributed by atoms with Crippen LogP contribution in [0.4, 0.5) is 5.13 Å². The van der Waals surface area contributed by atoms with Gasteiger partial charge in [0.1, 0.15) is 0 Å². The molecular weight excluding hydrogens is 336 g/mol. The van der Waals surface area contributed by atoms with E-state index in [0.29, 0.717) is 15.7 Å². The van der Waals surface area contributed by atoms with E-state index in [1.54, 1.807) is 30.8 Å². The normalized spacial score (nSPS) is 11.6.